The number of anilines is 1. The zero-order chi connectivity index (χ0) is 17.7. The van der Waals surface area contributed by atoms with Gasteiger partial charge >= 0.3 is 0 Å². The standard InChI is InChI=1S/C19H20N2O3S/c1-14-8-10-15(11-9-14)25(23,24)21-13-5-4-12-19(21)18(22)16-6-2-3-7-17(16)20-19/h2-3,6-11,20H,4-5,12-13H2,1H3. The van der Waals surface area contributed by atoms with Crippen molar-refractivity contribution in [2.45, 2.75) is 36.7 Å². The van der Waals surface area contributed by atoms with Crippen molar-refractivity contribution in [3.63, 3.8) is 0 Å². The molecule has 2 heterocycles. The molecule has 0 aromatic heterocycles. The predicted molar refractivity (Wildman–Crippen MR) is 96.0 cm³/mol. The molecule has 0 saturated carbocycles. The average molecular weight is 356 g/mol. The van der Waals surface area contributed by atoms with Crippen molar-refractivity contribution in [3.8, 4) is 0 Å². The summed E-state index contributed by atoms with van der Waals surface area (Å²) in [5.74, 6) is -0.154. The van der Waals surface area contributed by atoms with Crippen LogP contribution in [0.1, 0.15) is 35.2 Å². The van der Waals surface area contributed by atoms with Gasteiger partial charge in [0.1, 0.15) is 0 Å². The van der Waals surface area contributed by atoms with Crippen LogP contribution < -0.4 is 5.32 Å². The summed E-state index contributed by atoms with van der Waals surface area (Å²) in [6, 6.07) is 14.0. The Bertz CT molecular complexity index is 937. The van der Waals surface area contributed by atoms with E-state index in [1.165, 1.54) is 4.31 Å². The van der Waals surface area contributed by atoms with Crippen LogP contribution in [0.15, 0.2) is 53.4 Å². The van der Waals surface area contributed by atoms with Crippen LogP contribution in [-0.2, 0) is 10.0 Å². The molecule has 0 bridgehead atoms. The molecule has 1 fully saturated rings. The van der Waals surface area contributed by atoms with Crippen molar-refractivity contribution >= 4 is 21.5 Å². The zero-order valence-electron chi connectivity index (χ0n) is 14.0. The topological polar surface area (TPSA) is 66.5 Å². The smallest absolute Gasteiger partial charge is 0.245 e. The maximum absolute atomic E-state index is 13.3. The summed E-state index contributed by atoms with van der Waals surface area (Å²) >= 11 is 0. The molecule has 25 heavy (non-hydrogen) atoms. The minimum atomic E-state index is -3.77. The number of ketones is 1. The number of benzene rings is 2. The number of fused-ring (bicyclic) bond motifs is 1. The summed E-state index contributed by atoms with van der Waals surface area (Å²) in [4.78, 5) is 13.4. The molecule has 1 N–H and O–H groups in total. The van der Waals surface area contributed by atoms with Gasteiger partial charge in [0.15, 0.2) is 5.66 Å². The van der Waals surface area contributed by atoms with Gasteiger partial charge in [-0.3, -0.25) is 4.79 Å². The van der Waals surface area contributed by atoms with Gasteiger partial charge in [0, 0.05) is 17.8 Å². The number of carbonyl (C=O) groups excluding carboxylic acids is 1. The fraction of sp³-hybridized carbons (Fsp3) is 0.316. The lowest BCUT2D eigenvalue weighted by atomic mass is 9.93. The summed E-state index contributed by atoms with van der Waals surface area (Å²) in [6.45, 7) is 2.25. The van der Waals surface area contributed by atoms with Gasteiger partial charge in [0.25, 0.3) is 0 Å². The van der Waals surface area contributed by atoms with Crippen LogP contribution in [0.5, 0.6) is 0 Å². The Morgan fingerprint density at radius 1 is 1.04 bits per heavy atom. The van der Waals surface area contributed by atoms with Crippen molar-refractivity contribution in [2.24, 2.45) is 0 Å². The Balaban J connectivity index is 1.81. The van der Waals surface area contributed by atoms with Crippen molar-refractivity contribution in [2.75, 3.05) is 11.9 Å². The quantitative estimate of drug-likeness (QED) is 0.897. The molecule has 5 nitrogen and oxygen atoms in total. The minimum absolute atomic E-state index is 0.154. The first-order chi connectivity index (χ1) is 11.9. The van der Waals surface area contributed by atoms with E-state index in [9.17, 15) is 13.2 Å². The van der Waals surface area contributed by atoms with Crippen LogP contribution in [0.4, 0.5) is 5.69 Å². The van der Waals surface area contributed by atoms with E-state index in [0.717, 1.165) is 18.4 Å². The fourth-order valence-corrected chi connectivity index (χ4v) is 5.49. The highest BCUT2D eigenvalue weighted by molar-refractivity contribution is 7.89. The second-order valence-corrected chi connectivity index (χ2v) is 8.57. The van der Waals surface area contributed by atoms with Crippen LogP contribution in [-0.4, -0.2) is 30.7 Å². The molecule has 4 rings (SSSR count). The second-order valence-electron chi connectivity index (χ2n) is 6.71. The Morgan fingerprint density at radius 3 is 2.48 bits per heavy atom. The van der Waals surface area contributed by atoms with E-state index in [2.05, 4.69) is 5.32 Å². The molecule has 1 unspecified atom stereocenters. The number of piperidine rings is 1. The van der Waals surface area contributed by atoms with Crippen LogP contribution in [0, 0.1) is 6.92 Å². The number of Topliss-reactive ketones (excluding diaryl/α,β-unsaturated/α-hetero) is 1. The molecular formula is C19H20N2O3S. The van der Waals surface area contributed by atoms with Gasteiger partial charge in [0.05, 0.1) is 4.90 Å². The predicted octanol–water partition coefficient (Wildman–Crippen LogP) is 3.17. The average Bonchev–Trinajstić information content (AvgIpc) is 2.88. The van der Waals surface area contributed by atoms with E-state index < -0.39 is 15.7 Å². The number of para-hydroxylation sites is 1. The van der Waals surface area contributed by atoms with Crippen molar-refractivity contribution in [1.82, 2.24) is 4.31 Å². The molecule has 0 radical (unpaired) electrons. The molecule has 1 saturated heterocycles. The Morgan fingerprint density at radius 2 is 1.76 bits per heavy atom. The largest absolute Gasteiger partial charge is 0.359 e. The minimum Gasteiger partial charge on any atom is -0.359 e. The third kappa shape index (κ3) is 2.40. The van der Waals surface area contributed by atoms with Gasteiger partial charge in [-0.15, -0.1) is 0 Å². The molecular weight excluding hydrogens is 336 g/mol. The Labute approximate surface area is 147 Å². The van der Waals surface area contributed by atoms with Gasteiger partial charge in [-0.05, 0) is 50.5 Å². The Kier molecular flexibility index (Phi) is 3.70. The summed E-state index contributed by atoms with van der Waals surface area (Å²) in [6.07, 6.45) is 2.04. The van der Waals surface area contributed by atoms with Crippen molar-refractivity contribution in [1.29, 1.82) is 0 Å². The number of aryl methyl sites for hydroxylation is 1. The highest BCUT2D eigenvalue weighted by atomic mass is 32.2. The molecule has 2 aliphatic rings. The van der Waals surface area contributed by atoms with Crippen molar-refractivity contribution in [3.05, 3.63) is 59.7 Å². The van der Waals surface area contributed by atoms with E-state index in [4.69, 9.17) is 0 Å². The van der Waals surface area contributed by atoms with E-state index in [0.29, 0.717) is 24.2 Å². The maximum atomic E-state index is 13.3. The molecule has 1 atom stereocenters. The van der Waals surface area contributed by atoms with E-state index in [1.54, 1.807) is 36.4 Å². The SMILES string of the molecule is Cc1ccc(S(=O)(=O)N2CCCCC23Nc2ccccc2C3=O)cc1. The van der Waals surface area contributed by atoms with E-state index in [-0.39, 0.29) is 10.7 Å². The first-order valence-electron chi connectivity index (χ1n) is 8.47. The normalized spacial score (nSPS) is 23.5. The molecule has 130 valence electrons. The number of sulfonamides is 1. The van der Waals surface area contributed by atoms with Gasteiger partial charge < -0.3 is 5.32 Å². The molecule has 2 aromatic carbocycles. The van der Waals surface area contributed by atoms with Crippen LogP contribution in [0.2, 0.25) is 0 Å². The van der Waals surface area contributed by atoms with Gasteiger partial charge in [-0.25, -0.2) is 8.42 Å². The van der Waals surface area contributed by atoms with Gasteiger partial charge in [-0.1, -0.05) is 29.8 Å². The van der Waals surface area contributed by atoms with Gasteiger partial charge in [-0.2, -0.15) is 4.31 Å². The molecule has 2 aromatic rings. The maximum Gasteiger partial charge on any atom is 0.245 e. The lowest BCUT2D eigenvalue weighted by molar-refractivity contribution is 0.0737. The highest BCUT2D eigenvalue weighted by Gasteiger charge is 2.55. The summed E-state index contributed by atoms with van der Waals surface area (Å²) in [5, 5.41) is 3.23. The number of nitrogens with zero attached hydrogens (tertiary/aromatic N) is 1. The third-order valence-electron chi connectivity index (χ3n) is 5.07. The number of hydrogen-bond donors (Lipinski definition) is 1. The molecule has 0 amide bonds. The summed E-state index contributed by atoms with van der Waals surface area (Å²) in [5.41, 5.74) is 1.06. The third-order valence-corrected chi connectivity index (χ3v) is 7.02. The Hall–Kier alpha value is -2.18. The zero-order valence-corrected chi connectivity index (χ0v) is 14.8. The first kappa shape index (κ1) is 16.3. The molecule has 6 heteroatoms. The highest BCUT2D eigenvalue weighted by Crippen LogP contribution is 2.42. The van der Waals surface area contributed by atoms with Crippen LogP contribution in [0.3, 0.4) is 0 Å². The number of hydrogen-bond acceptors (Lipinski definition) is 4. The van der Waals surface area contributed by atoms with Crippen molar-refractivity contribution < 1.29 is 13.2 Å². The van der Waals surface area contributed by atoms with E-state index in [1.807, 2.05) is 19.1 Å². The molecule has 0 aliphatic carbocycles. The number of nitrogens with one attached hydrogen (secondary N) is 1. The number of rotatable bonds is 2. The number of carbonyl (C=O) groups is 1. The summed E-state index contributed by atoms with van der Waals surface area (Å²) in [7, 11) is -3.77. The monoisotopic (exact) mass is 356 g/mol. The lowest BCUT2D eigenvalue weighted by Crippen LogP contribution is -2.61. The first-order valence-corrected chi connectivity index (χ1v) is 9.91. The van der Waals surface area contributed by atoms with Gasteiger partial charge in [0.2, 0.25) is 15.8 Å². The second kappa shape index (κ2) is 5.68. The fourth-order valence-electron chi connectivity index (χ4n) is 3.76. The van der Waals surface area contributed by atoms with Crippen LogP contribution >= 0.6 is 0 Å². The lowest BCUT2D eigenvalue weighted by Gasteiger charge is -2.42. The van der Waals surface area contributed by atoms with E-state index >= 15 is 0 Å². The molecule has 1 spiro atoms. The molecule has 2 aliphatic heterocycles. The summed E-state index contributed by atoms with van der Waals surface area (Å²) < 4.78 is 28.0. The van der Waals surface area contributed by atoms with Crippen LogP contribution in [0.25, 0.3) is 0 Å².